The van der Waals surface area contributed by atoms with E-state index >= 15 is 0 Å². The summed E-state index contributed by atoms with van der Waals surface area (Å²) in [4.78, 5) is 10.5. The monoisotopic (exact) mass is 302 g/mol. The van der Waals surface area contributed by atoms with Crippen molar-refractivity contribution in [1.82, 2.24) is 0 Å². The molecule has 110 valence electrons. The molecule has 1 fully saturated rings. The predicted octanol–water partition coefficient (Wildman–Crippen LogP) is 1.74. The molecule has 1 N–H and O–H groups in total. The maximum atomic E-state index is 14.3. The fourth-order valence-corrected chi connectivity index (χ4v) is 3.16. The molecule has 1 saturated carbocycles. The number of benzene rings is 1. The van der Waals surface area contributed by atoms with Gasteiger partial charge in [-0.25, -0.2) is 12.8 Å². The van der Waals surface area contributed by atoms with Crippen molar-refractivity contribution >= 4 is 15.8 Å². The van der Waals surface area contributed by atoms with Gasteiger partial charge in [0.2, 0.25) is 0 Å². The summed E-state index contributed by atoms with van der Waals surface area (Å²) < 4.78 is 42.2. The zero-order valence-electron chi connectivity index (χ0n) is 11.1. The number of methoxy groups -OCH3 is 1. The molecule has 0 saturated heterocycles. The molecule has 1 aromatic carbocycles. The third kappa shape index (κ3) is 2.49. The van der Waals surface area contributed by atoms with Crippen LogP contribution in [0.2, 0.25) is 0 Å². The Morgan fingerprint density at radius 3 is 2.45 bits per heavy atom. The van der Waals surface area contributed by atoms with Crippen molar-refractivity contribution in [2.45, 2.75) is 29.6 Å². The maximum Gasteiger partial charge on any atom is 0.304 e. The van der Waals surface area contributed by atoms with Gasteiger partial charge in [0.25, 0.3) is 0 Å². The van der Waals surface area contributed by atoms with Gasteiger partial charge in [0.1, 0.15) is 4.90 Å². The lowest BCUT2D eigenvalue weighted by Crippen LogP contribution is -2.16. The number of ether oxygens (including phenoxy) is 1. The molecule has 1 aromatic rings. The molecule has 0 aromatic heterocycles. The first kappa shape index (κ1) is 14.8. The average molecular weight is 302 g/mol. The lowest BCUT2D eigenvalue weighted by atomic mass is 9.91. The Hall–Kier alpha value is -1.63. The zero-order chi connectivity index (χ0) is 15.1. The standard InChI is InChI=1S/C13H15FO5S/c1-19-12-8(13(5-6-13)7-10(15)16)3-4-9(11(12)14)20(2,17)18/h3-4H,5-7H2,1-2H3,(H,15,16). The lowest BCUT2D eigenvalue weighted by molar-refractivity contribution is -0.137. The van der Waals surface area contributed by atoms with Crippen LogP contribution in [-0.2, 0) is 20.0 Å². The summed E-state index contributed by atoms with van der Waals surface area (Å²) in [5.74, 6) is -2.10. The number of sulfone groups is 1. The van der Waals surface area contributed by atoms with Gasteiger partial charge < -0.3 is 9.84 Å². The molecule has 0 atom stereocenters. The number of rotatable bonds is 5. The molecule has 1 aliphatic carbocycles. The van der Waals surface area contributed by atoms with Crippen LogP contribution in [0.25, 0.3) is 0 Å². The highest BCUT2D eigenvalue weighted by atomic mass is 32.2. The Morgan fingerprint density at radius 1 is 1.45 bits per heavy atom. The highest BCUT2D eigenvalue weighted by Gasteiger charge is 2.48. The summed E-state index contributed by atoms with van der Waals surface area (Å²) in [6, 6.07) is 2.62. The van der Waals surface area contributed by atoms with E-state index in [2.05, 4.69) is 0 Å². The Labute approximate surface area is 116 Å². The Bertz CT molecular complexity index is 662. The summed E-state index contributed by atoms with van der Waals surface area (Å²) in [6.07, 6.45) is 2.02. The molecule has 7 heteroatoms. The topological polar surface area (TPSA) is 80.7 Å². The smallest absolute Gasteiger partial charge is 0.304 e. The quantitative estimate of drug-likeness (QED) is 0.896. The van der Waals surface area contributed by atoms with Gasteiger partial charge in [-0.05, 0) is 18.9 Å². The lowest BCUT2D eigenvalue weighted by Gasteiger charge is -2.18. The summed E-state index contributed by atoms with van der Waals surface area (Å²) >= 11 is 0. The molecule has 2 rings (SSSR count). The van der Waals surface area contributed by atoms with Gasteiger partial charge in [-0.2, -0.15) is 0 Å². The van der Waals surface area contributed by atoms with Gasteiger partial charge in [0.15, 0.2) is 21.4 Å². The van der Waals surface area contributed by atoms with Crippen LogP contribution in [0.5, 0.6) is 5.75 Å². The minimum atomic E-state index is -3.70. The van der Waals surface area contributed by atoms with Gasteiger partial charge >= 0.3 is 5.97 Å². The van der Waals surface area contributed by atoms with Crippen molar-refractivity contribution in [2.75, 3.05) is 13.4 Å². The number of aliphatic carboxylic acids is 1. The third-order valence-electron chi connectivity index (χ3n) is 3.58. The van der Waals surface area contributed by atoms with E-state index in [9.17, 15) is 17.6 Å². The summed E-state index contributed by atoms with van der Waals surface area (Å²) in [5.41, 5.74) is -0.221. The van der Waals surface area contributed by atoms with Crippen molar-refractivity contribution < 1.29 is 27.4 Å². The number of carbonyl (C=O) groups is 1. The van der Waals surface area contributed by atoms with Crippen LogP contribution < -0.4 is 4.74 Å². The van der Waals surface area contributed by atoms with Crippen LogP contribution in [0.4, 0.5) is 4.39 Å². The van der Waals surface area contributed by atoms with E-state index in [-0.39, 0.29) is 12.2 Å². The van der Waals surface area contributed by atoms with E-state index in [1.807, 2.05) is 0 Å². The number of halogens is 1. The molecular formula is C13H15FO5S. The first-order valence-corrected chi connectivity index (χ1v) is 7.89. The normalized spacial score (nSPS) is 16.8. The molecule has 0 aliphatic heterocycles. The molecule has 0 unspecified atom stereocenters. The molecule has 5 nitrogen and oxygen atoms in total. The van der Waals surface area contributed by atoms with Crippen LogP contribution in [0, 0.1) is 5.82 Å². The summed E-state index contributed by atoms with van der Waals surface area (Å²) in [6.45, 7) is 0. The average Bonchev–Trinajstić information content (AvgIpc) is 3.06. The molecule has 1 aliphatic rings. The van der Waals surface area contributed by atoms with E-state index in [1.54, 1.807) is 0 Å². The highest BCUT2D eigenvalue weighted by molar-refractivity contribution is 7.90. The van der Waals surface area contributed by atoms with Crippen LogP contribution in [0.15, 0.2) is 17.0 Å². The molecular weight excluding hydrogens is 287 g/mol. The van der Waals surface area contributed by atoms with E-state index < -0.39 is 31.9 Å². The van der Waals surface area contributed by atoms with Gasteiger partial charge in [0, 0.05) is 17.2 Å². The van der Waals surface area contributed by atoms with Crippen molar-refractivity contribution in [1.29, 1.82) is 0 Å². The molecule has 0 radical (unpaired) electrons. The van der Waals surface area contributed by atoms with Crippen molar-refractivity contribution in [3.8, 4) is 5.75 Å². The predicted molar refractivity (Wildman–Crippen MR) is 69.2 cm³/mol. The second-order valence-corrected chi connectivity index (χ2v) is 7.07. The zero-order valence-corrected chi connectivity index (χ0v) is 12.0. The fraction of sp³-hybridized carbons (Fsp3) is 0.462. The van der Waals surface area contributed by atoms with E-state index in [1.165, 1.54) is 19.2 Å². The first-order chi connectivity index (χ1) is 9.21. The maximum absolute atomic E-state index is 14.3. The SMILES string of the molecule is COc1c(C2(CC(=O)O)CC2)ccc(S(C)(=O)=O)c1F. The Kier molecular flexibility index (Phi) is 3.49. The number of carboxylic acids is 1. The van der Waals surface area contributed by atoms with E-state index in [0.29, 0.717) is 18.4 Å². The van der Waals surface area contributed by atoms with Crippen LogP contribution in [0.3, 0.4) is 0 Å². The molecule has 0 amide bonds. The number of hydrogen-bond acceptors (Lipinski definition) is 4. The van der Waals surface area contributed by atoms with Crippen molar-refractivity contribution in [3.05, 3.63) is 23.5 Å². The van der Waals surface area contributed by atoms with E-state index in [0.717, 1.165) is 6.26 Å². The van der Waals surface area contributed by atoms with Crippen molar-refractivity contribution in [2.24, 2.45) is 0 Å². The Morgan fingerprint density at radius 2 is 2.05 bits per heavy atom. The number of hydrogen-bond donors (Lipinski definition) is 1. The van der Waals surface area contributed by atoms with Gasteiger partial charge in [-0.3, -0.25) is 4.79 Å². The second-order valence-electron chi connectivity index (χ2n) is 5.08. The summed E-state index contributed by atoms with van der Waals surface area (Å²) in [5, 5.41) is 8.94. The summed E-state index contributed by atoms with van der Waals surface area (Å²) in [7, 11) is -2.46. The minimum Gasteiger partial charge on any atom is -0.493 e. The Balaban J connectivity index is 2.57. The fourth-order valence-electron chi connectivity index (χ4n) is 2.42. The van der Waals surface area contributed by atoms with Gasteiger partial charge in [0.05, 0.1) is 13.5 Å². The van der Waals surface area contributed by atoms with Crippen LogP contribution in [-0.4, -0.2) is 32.9 Å². The van der Waals surface area contributed by atoms with E-state index in [4.69, 9.17) is 9.84 Å². The minimum absolute atomic E-state index is 0.124. The third-order valence-corrected chi connectivity index (χ3v) is 4.69. The van der Waals surface area contributed by atoms with Gasteiger partial charge in [-0.1, -0.05) is 6.07 Å². The second kappa shape index (κ2) is 4.73. The van der Waals surface area contributed by atoms with Crippen molar-refractivity contribution in [3.63, 3.8) is 0 Å². The largest absolute Gasteiger partial charge is 0.493 e. The van der Waals surface area contributed by atoms with Crippen LogP contribution in [0.1, 0.15) is 24.8 Å². The van der Waals surface area contributed by atoms with Gasteiger partial charge in [-0.15, -0.1) is 0 Å². The molecule has 0 spiro atoms. The first-order valence-electron chi connectivity index (χ1n) is 6.00. The molecule has 0 bridgehead atoms. The molecule has 20 heavy (non-hydrogen) atoms. The number of carboxylic acid groups (broad SMARTS) is 1. The highest BCUT2D eigenvalue weighted by Crippen LogP contribution is 2.54. The molecule has 0 heterocycles. The van der Waals surface area contributed by atoms with Crippen LogP contribution >= 0.6 is 0 Å².